The molecular formula is C17H14O4. The van der Waals surface area contributed by atoms with Crippen LogP contribution in [-0.4, -0.2) is 31.6 Å². The first-order valence-corrected chi connectivity index (χ1v) is 6.54. The third-order valence-corrected chi connectivity index (χ3v) is 3.81. The Morgan fingerprint density at radius 1 is 0.667 bits per heavy atom. The molecule has 3 rings (SSSR count). The fourth-order valence-electron chi connectivity index (χ4n) is 2.74. The van der Waals surface area contributed by atoms with Crippen LogP contribution in [0, 0.1) is 0 Å². The lowest BCUT2D eigenvalue weighted by Gasteiger charge is -2.26. The molecule has 0 saturated carbocycles. The van der Waals surface area contributed by atoms with Gasteiger partial charge in [0.25, 0.3) is 5.79 Å². The number of hydrogen-bond donors (Lipinski definition) is 0. The minimum Gasteiger partial charge on any atom is -0.341 e. The number of Topliss-reactive ketones (excluding diaryl/α,β-unsaturated/α-hetero) is 2. The zero-order valence-electron chi connectivity index (χ0n) is 11.8. The average molecular weight is 282 g/mol. The average Bonchev–Trinajstić information content (AvgIpc) is 2.62. The molecule has 4 heteroatoms. The summed E-state index contributed by atoms with van der Waals surface area (Å²) in [5.41, 5.74) is 2.25. The van der Waals surface area contributed by atoms with E-state index in [2.05, 4.69) is 0 Å². The first-order chi connectivity index (χ1) is 10.2. The van der Waals surface area contributed by atoms with E-state index in [0.29, 0.717) is 22.3 Å². The van der Waals surface area contributed by atoms with Crippen LogP contribution in [0.15, 0.2) is 48.5 Å². The summed E-state index contributed by atoms with van der Waals surface area (Å²) < 4.78 is 10.4. The van der Waals surface area contributed by atoms with Gasteiger partial charge < -0.3 is 9.47 Å². The van der Waals surface area contributed by atoms with Gasteiger partial charge in [-0.1, -0.05) is 48.5 Å². The number of carbonyl (C=O) groups is 2. The summed E-state index contributed by atoms with van der Waals surface area (Å²) in [5.74, 6) is -2.89. The maximum atomic E-state index is 12.8. The second-order valence-electron chi connectivity index (χ2n) is 4.77. The second kappa shape index (κ2) is 4.91. The third-order valence-electron chi connectivity index (χ3n) is 3.81. The molecule has 0 amide bonds. The van der Waals surface area contributed by atoms with Crippen molar-refractivity contribution in [2.75, 3.05) is 14.2 Å². The molecule has 0 spiro atoms. The van der Waals surface area contributed by atoms with Gasteiger partial charge in [-0.05, 0) is 11.1 Å². The molecule has 1 aliphatic carbocycles. The predicted molar refractivity (Wildman–Crippen MR) is 77.3 cm³/mol. The Hall–Kier alpha value is -2.30. The molecule has 4 nitrogen and oxygen atoms in total. The number of ketones is 2. The number of methoxy groups -OCH3 is 2. The minimum atomic E-state index is -1.93. The smallest absolute Gasteiger partial charge is 0.299 e. The first kappa shape index (κ1) is 13.7. The van der Waals surface area contributed by atoms with E-state index in [0.717, 1.165) is 0 Å². The van der Waals surface area contributed by atoms with Crippen LogP contribution in [0.5, 0.6) is 0 Å². The van der Waals surface area contributed by atoms with Crippen LogP contribution >= 0.6 is 0 Å². The Balaban J connectivity index is 2.42. The Bertz CT molecular complexity index is 670. The zero-order valence-corrected chi connectivity index (χ0v) is 11.8. The van der Waals surface area contributed by atoms with Gasteiger partial charge in [0, 0.05) is 25.3 Å². The highest BCUT2D eigenvalue weighted by atomic mass is 16.7. The highest BCUT2D eigenvalue weighted by Gasteiger charge is 2.50. The molecule has 106 valence electrons. The number of fused-ring (bicyclic) bond motifs is 3. The van der Waals surface area contributed by atoms with E-state index in [1.54, 1.807) is 24.3 Å². The van der Waals surface area contributed by atoms with E-state index in [-0.39, 0.29) is 0 Å². The normalized spacial score (nSPS) is 16.1. The highest BCUT2D eigenvalue weighted by molar-refractivity contribution is 6.27. The van der Waals surface area contributed by atoms with Crippen molar-refractivity contribution in [2.45, 2.75) is 5.79 Å². The number of carbonyl (C=O) groups excluding carboxylic acids is 2. The summed E-state index contributed by atoms with van der Waals surface area (Å²) in [6.07, 6.45) is 0. The van der Waals surface area contributed by atoms with Crippen molar-refractivity contribution in [3.63, 3.8) is 0 Å². The van der Waals surface area contributed by atoms with E-state index >= 15 is 0 Å². The molecule has 0 aliphatic heterocycles. The van der Waals surface area contributed by atoms with Crippen LogP contribution < -0.4 is 0 Å². The summed E-state index contributed by atoms with van der Waals surface area (Å²) in [4.78, 5) is 25.7. The van der Waals surface area contributed by atoms with Gasteiger partial charge in [-0.15, -0.1) is 0 Å². The van der Waals surface area contributed by atoms with Crippen molar-refractivity contribution < 1.29 is 19.1 Å². The lowest BCUT2D eigenvalue weighted by atomic mass is 9.96. The van der Waals surface area contributed by atoms with Crippen LogP contribution in [0.4, 0.5) is 0 Å². The number of ether oxygens (including phenoxy) is 2. The van der Waals surface area contributed by atoms with Crippen LogP contribution in [0.1, 0.15) is 20.7 Å². The standard InChI is InChI=1S/C17H14O4/c1-20-17(21-2)15(18)13-9-5-3-7-11(13)12-8-4-6-10-14(12)16(17)19/h3-10H,1-2H3. The van der Waals surface area contributed by atoms with E-state index in [1.165, 1.54) is 14.2 Å². The van der Waals surface area contributed by atoms with E-state index in [1.807, 2.05) is 24.3 Å². The number of hydrogen-bond acceptors (Lipinski definition) is 4. The maximum Gasteiger partial charge on any atom is 0.299 e. The Morgan fingerprint density at radius 3 is 1.33 bits per heavy atom. The second-order valence-corrected chi connectivity index (χ2v) is 4.77. The monoisotopic (exact) mass is 282 g/mol. The zero-order chi connectivity index (χ0) is 15.0. The van der Waals surface area contributed by atoms with Crippen molar-refractivity contribution in [1.82, 2.24) is 0 Å². The molecule has 1 aliphatic rings. The summed E-state index contributed by atoms with van der Waals surface area (Å²) >= 11 is 0. The highest BCUT2D eigenvalue weighted by Crippen LogP contribution is 2.37. The van der Waals surface area contributed by atoms with Gasteiger partial charge in [0.05, 0.1) is 0 Å². The Kier molecular flexibility index (Phi) is 3.20. The molecule has 0 saturated heterocycles. The molecule has 0 atom stereocenters. The van der Waals surface area contributed by atoms with Gasteiger partial charge in [-0.2, -0.15) is 0 Å². The van der Waals surface area contributed by atoms with Crippen molar-refractivity contribution >= 4 is 11.6 Å². The summed E-state index contributed by atoms with van der Waals surface area (Å²) in [6, 6.07) is 14.2. The molecule has 0 fully saturated rings. The molecule has 21 heavy (non-hydrogen) atoms. The van der Waals surface area contributed by atoms with E-state index < -0.39 is 17.4 Å². The van der Waals surface area contributed by atoms with Gasteiger partial charge in [-0.3, -0.25) is 9.59 Å². The summed E-state index contributed by atoms with van der Waals surface area (Å²) in [6.45, 7) is 0. The van der Waals surface area contributed by atoms with E-state index in [4.69, 9.17) is 9.47 Å². The SMILES string of the molecule is COC1(OC)C(=O)c2ccccc2-c2ccccc2C1=O. The van der Waals surface area contributed by atoms with Crippen molar-refractivity contribution in [1.29, 1.82) is 0 Å². The van der Waals surface area contributed by atoms with Gasteiger partial charge in [-0.25, -0.2) is 0 Å². The molecule has 0 radical (unpaired) electrons. The molecule has 0 aromatic heterocycles. The van der Waals surface area contributed by atoms with Crippen molar-refractivity contribution in [3.8, 4) is 11.1 Å². The van der Waals surface area contributed by atoms with Crippen molar-refractivity contribution in [2.24, 2.45) is 0 Å². The minimum absolute atomic E-state index is 0.416. The quantitative estimate of drug-likeness (QED) is 0.628. The Labute approximate surface area is 122 Å². The molecule has 2 aromatic rings. The molecular weight excluding hydrogens is 268 g/mol. The van der Waals surface area contributed by atoms with Crippen LogP contribution in [-0.2, 0) is 9.47 Å². The van der Waals surface area contributed by atoms with Gasteiger partial charge in [0.15, 0.2) is 0 Å². The molecule has 0 unspecified atom stereocenters. The van der Waals surface area contributed by atoms with Gasteiger partial charge in [0.1, 0.15) is 0 Å². The first-order valence-electron chi connectivity index (χ1n) is 6.54. The molecule has 0 heterocycles. The van der Waals surface area contributed by atoms with Gasteiger partial charge >= 0.3 is 0 Å². The molecule has 2 aromatic carbocycles. The van der Waals surface area contributed by atoms with Crippen LogP contribution in [0.3, 0.4) is 0 Å². The topological polar surface area (TPSA) is 52.6 Å². The fourth-order valence-corrected chi connectivity index (χ4v) is 2.74. The largest absolute Gasteiger partial charge is 0.341 e. The molecule has 0 N–H and O–H groups in total. The predicted octanol–water partition coefficient (Wildman–Crippen LogP) is 2.72. The number of benzene rings is 2. The third kappa shape index (κ3) is 1.77. The maximum absolute atomic E-state index is 12.8. The van der Waals surface area contributed by atoms with Crippen LogP contribution in [0.2, 0.25) is 0 Å². The lowest BCUT2D eigenvalue weighted by molar-refractivity contribution is -0.135. The number of rotatable bonds is 2. The van der Waals surface area contributed by atoms with E-state index in [9.17, 15) is 9.59 Å². The molecule has 0 bridgehead atoms. The lowest BCUT2D eigenvalue weighted by Crippen LogP contribution is -2.49. The summed E-state index contributed by atoms with van der Waals surface area (Å²) in [7, 11) is 2.60. The van der Waals surface area contributed by atoms with Crippen LogP contribution in [0.25, 0.3) is 11.1 Å². The summed E-state index contributed by atoms with van der Waals surface area (Å²) in [5, 5.41) is 0. The fraction of sp³-hybridized carbons (Fsp3) is 0.176. The van der Waals surface area contributed by atoms with Crippen molar-refractivity contribution in [3.05, 3.63) is 59.7 Å². The Morgan fingerprint density at radius 2 is 1.00 bits per heavy atom. The van der Waals surface area contributed by atoms with Gasteiger partial charge in [0.2, 0.25) is 11.6 Å².